The van der Waals surface area contributed by atoms with Gasteiger partial charge in [0.25, 0.3) is 0 Å². The van der Waals surface area contributed by atoms with Gasteiger partial charge in [0.15, 0.2) is 0 Å². The Morgan fingerprint density at radius 1 is 1.23 bits per heavy atom. The van der Waals surface area contributed by atoms with Crippen LogP contribution in [0.5, 0.6) is 0 Å². The van der Waals surface area contributed by atoms with Crippen LogP contribution < -0.4 is 10.6 Å². The Bertz CT molecular complexity index is 511. The van der Waals surface area contributed by atoms with Crippen molar-refractivity contribution in [1.82, 2.24) is 15.5 Å². The van der Waals surface area contributed by atoms with Crippen LogP contribution in [-0.4, -0.2) is 42.8 Å². The highest BCUT2D eigenvalue weighted by Gasteiger charge is 2.19. The highest BCUT2D eigenvalue weighted by Crippen LogP contribution is 2.16. The predicted molar refractivity (Wildman–Crippen MR) is 87.3 cm³/mol. The average Bonchev–Trinajstić information content (AvgIpc) is 2.93. The van der Waals surface area contributed by atoms with Gasteiger partial charge in [0.1, 0.15) is 0 Å². The van der Waals surface area contributed by atoms with Crippen molar-refractivity contribution in [2.24, 2.45) is 5.92 Å². The lowest BCUT2D eigenvalue weighted by atomic mass is 10.1. The predicted octanol–water partition coefficient (Wildman–Crippen LogP) is 1.48. The molecular weight excluding hydrogens is 278 g/mol. The van der Waals surface area contributed by atoms with E-state index in [1.54, 1.807) is 0 Å². The number of amides is 2. The third kappa shape index (κ3) is 5.16. The summed E-state index contributed by atoms with van der Waals surface area (Å²) in [7, 11) is 4.08. The number of aliphatic hydroxyl groups is 1. The standard InChI is InChI=1S/C17H25N3O2/c1-20(2)11-14-5-3-13(4-6-14)10-18-17(22)19-16-8-7-15(9-16)12-21/h3-8,15-16,21H,9-12H2,1-2H3,(H2,18,19,22)/t15-,16+/m0/s1. The number of carbonyl (C=O) groups is 1. The Hall–Kier alpha value is -1.85. The molecule has 2 rings (SSSR count). The molecule has 2 atom stereocenters. The molecule has 0 saturated carbocycles. The molecule has 0 aliphatic heterocycles. The van der Waals surface area contributed by atoms with E-state index in [0.717, 1.165) is 18.5 Å². The van der Waals surface area contributed by atoms with Crippen molar-refractivity contribution in [3.8, 4) is 0 Å². The largest absolute Gasteiger partial charge is 0.396 e. The highest BCUT2D eigenvalue weighted by atomic mass is 16.3. The Kier molecular flexibility index (Phi) is 5.98. The zero-order valence-electron chi connectivity index (χ0n) is 13.2. The van der Waals surface area contributed by atoms with Crippen LogP contribution in [-0.2, 0) is 13.1 Å². The smallest absolute Gasteiger partial charge is 0.315 e. The van der Waals surface area contributed by atoms with Crippen LogP contribution in [0.15, 0.2) is 36.4 Å². The molecule has 0 heterocycles. The fourth-order valence-electron chi connectivity index (χ4n) is 2.55. The van der Waals surface area contributed by atoms with E-state index < -0.39 is 0 Å². The SMILES string of the molecule is CN(C)Cc1ccc(CNC(=O)N[C@@H]2C=C[C@H](CO)C2)cc1. The molecular formula is C17H25N3O2. The van der Waals surface area contributed by atoms with Crippen LogP contribution in [0.1, 0.15) is 17.5 Å². The van der Waals surface area contributed by atoms with Crippen LogP contribution in [0.2, 0.25) is 0 Å². The molecule has 0 saturated heterocycles. The molecule has 5 heteroatoms. The first kappa shape index (κ1) is 16.5. The maximum atomic E-state index is 11.9. The lowest BCUT2D eigenvalue weighted by molar-refractivity contribution is 0.231. The monoisotopic (exact) mass is 303 g/mol. The number of hydrogen-bond donors (Lipinski definition) is 3. The molecule has 0 spiro atoms. The summed E-state index contributed by atoms with van der Waals surface area (Å²) in [5, 5.41) is 14.8. The van der Waals surface area contributed by atoms with E-state index >= 15 is 0 Å². The number of nitrogens with one attached hydrogen (secondary N) is 2. The molecule has 0 fully saturated rings. The Morgan fingerprint density at radius 2 is 1.91 bits per heavy atom. The van der Waals surface area contributed by atoms with Crippen molar-refractivity contribution in [3.05, 3.63) is 47.5 Å². The third-order valence-electron chi connectivity index (χ3n) is 3.70. The number of carbonyl (C=O) groups excluding carboxylic acids is 1. The first-order valence-corrected chi connectivity index (χ1v) is 7.63. The second-order valence-corrected chi connectivity index (χ2v) is 6.05. The molecule has 5 nitrogen and oxygen atoms in total. The van der Waals surface area contributed by atoms with E-state index in [9.17, 15) is 4.79 Å². The number of benzene rings is 1. The molecule has 1 aliphatic carbocycles. The molecule has 1 aromatic carbocycles. The first-order chi connectivity index (χ1) is 10.6. The Labute approximate surface area is 132 Å². The quantitative estimate of drug-likeness (QED) is 0.698. The third-order valence-corrected chi connectivity index (χ3v) is 3.70. The van der Waals surface area contributed by atoms with E-state index in [1.807, 2.05) is 38.4 Å². The van der Waals surface area contributed by atoms with E-state index in [-0.39, 0.29) is 24.6 Å². The van der Waals surface area contributed by atoms with Crippen LogP contribution in [0, 0.1) is 5.92 Å². The maximum Gasteiger partial charge on any atom is 0.315 e. The zero-order chi connectivity index (χ0) is 15.9. The molecule has 22 heavy (non-hydrogen) atoms. The average molecular weight is 303 g/mol. The summed E-state index contributed by atoms with van der Waals surface area (Å²) in [5.41, 5.74) is 2.33. The number of nitrogens with zero attached hydrogens (tertiary/aromatic N) is 1. The molecule has 1 aromatic rings. The van der Waals surface area contributed by atoms with Crippen molar-refractivity contribution < 1.29 is 9.90 Å². The Morgan fingerprint density at radius 3 is 2.50 bits per heavy atom. The number of urea groups is 1. The molecule has 3 N–H and O–H groups in total. The van der Waals surface area contributed by atoms with E-state index in [2.05, 4.69) is 27.7 Å². The molecule has 120 valence electrons. The minimum absolute atomic E-state index is 0.0135. The van der Waals surface area contributed by atoms with Gasteiger partial charge in [-0.1, -0.05) is 36.4 Å². The molecule has 2 amide bonds. The maximum absolute atomic E-state index is 11.9. The molecule has 0 aromatic heterocycles. The van der Waals surface area contributed by atoms with Gasteiger partial charge >= 0.3 is 6.03 Å². The molecule has 0 bridgehead atoms. The van der Waals surface area contributed by atoms with Gasteiger partial charge in [-0.15, -0.1) is 0 Å². The zero-order valence-corrected chi connectivity index (χ0v) is 13.2. The van der Waals surface area contributed by atoms with E-state index in [1.165, 1.54) is 5.56 Å². The summed E-state index contributed by atoms with van der Waals surface area (Å²) < 4.78 is 0. The highest BCUT2D eigenvalue weighted by molar-refractivity contribution is 5.74. The van der Waals surface area contributed by atoms with Gasteiger partial charge in [-0.05, 0) is 31.6 Å². The van der Waals surface area contributed by atoms with Crippen LogP contribution in [0.25, 0.3) is 0 Å². The van der Waals surface area contributed by atoms with Gasteiger partial charge in [-0.25, -0.2) is 4.79 Å². The summed E-state index contributed by atoms with van der Waals surface area (Å²) in [5.74, 6) is 0.162. The van der Waals surface area contributed by atoms with Crippen molar-refractivity contribution >= 4 is 6.03 Å². The minimum Gasteiger partial charge on any atom is -0.396 e. The van der Waals surface area contributed by atoms with Gasteiger partial charge in [0.2, 0.25) is 0 Å². The van der Waals surface area contributed by atoms with Gasteiger partial charge < -0.3 is 20.6 Å². The lowest BCUT2D eigenvalue weighted by Gasteiger charge is -2.14. The second-order valence-electron chi connectivity index (χ2n) is 6.05. The van der Waals surface area contributed by atoms with Crippen molar-refractivity contribution in [2.45, 2.75) is 25.6 Å². The number of rotatable bonds is 6. The van der Waals surface area contributed by atoms with Crippen molar-refractivity contribution in [1.29, 1.82) is 0 Å². The Balaban J connectivity index is 1.73. The fourth-order valence-corrected chi connectivity index (χ4v) is 2.55. The van der Waals surface area contributed by atoms with Gasteiger partial charge in [-0.2, -0.15) is 0 Å². The number of hydrogen-bond acceptors (Lipinski definition) is 3. The van der Waals surface area contributed by atoms with Crippen LogP contribution in [0.4, 0.5) is 4.79 Å². The summed E-state index contributed by atoms with van der Waals surface area (Å²) in [6.07, 6.45) is 4.66. The summed E-state index contributed by atoms with van der Waals surface area (Å²) in [6, 6.07) is 8.08. The topological polar surface area (TPSA) is 64.6 Å². The minimum atomic E-state index is -0.175. The van der Waals surface area contributed by atoms with Crippen LogP contribution >= 0.6 is 0 Å². The molecule has 0 unspecified atom stereocenters. The summed E-state index contributed by atoms with van der Waals surface area (Å²) in [4.78, 5) is 14.0. The summed E-state index contributed by atoms with van der Waals surface area (Å²) in [6.45, 7) is 1.55. The lowest BCUT2D eigenvalue weighted by Crippen LogP contribution is -2.40. The fraction of sp³-hybridized carbons (Fsp3) is 0.471. The first-order valence-electron chi connectivity index (χ1n) is 7.63. The molecule has 1 aliphatic rings. The van der Waals surface area contributed by atoms with Crippen LogP contribution in [0.3, 0.4) is 0 Å². The van der Waals surface area contributed by atoms with Crippen molar-refractivity contribution in [3.63, 3.8) is 0 Å². The summed E-state index contributed by atoms with van der Waals surface area (Å²) >= 11 is 0. The van der Waals surface area contributed by atoms with Crippen molar-refractivity contribution in [2.75, 3.05) is 20.7 Å². The number of aliphatic hydroxyl groups excluding tert-OH is 1. The second kappa shape index (κ2) is 7.96. The van der Waals surface area contributed by atoms with Gasteiger partial charge in [0, 0.05) is 31.7 Å². The molecule has 0 radical (unpaired) electrons. The van der Waals surface area contributed by atoms with E-state index in [4.69, 9.17) is 5.11 Å². The normalized spacial score (nSPS) is 20.4. The van der Waals surface area contributed by atoms with Gasteiger partial charge in [0.05, 0.1) is 0 Å². The van der Waals surface area contributed by atoms with Gasteiger partial charge in [-0.3, -0.25) is 0 Å². The van der Waals surface area contributed by atoms with E-state index in [0.29, 0.717) is 6.54 Å².